The van der Waals surface area contributed by atoms with Gasteiger partial charge in [0.05, 0.1) is 6.10 Å². The van der Waals surface area contributed by atoms with Gasteiger partial charge in [-0.3, -0.25) is 0 Å². The van der Waals surface area contributed by atoms with Crippen LogP contribution in [0.25, 0.3) is 6.08 Å². The molecule has 4 heteroatoms. The second-order valence-corrected chi connectivity index (χ2v) is 8.20. The molecule has 1 fully saturated rings. The number of ether oxygens (including phenoxy) is 1. The zero-order chi connectivity index (χ0) is 19.0. The van der Waals surface area contributed by atoms with Crippen LogP contribution in [0.1, 0.15) is 64.0 Å². The van der Waals surface area contributed by atoms with Crippen molar-refractivity contribution in [2.75, 3.05) is 6.54 Å². The summed E-state index contributed by atoms with van der Waals surface area (Å²) in [5, 5.41) is 13.2. The van der Waals surface area contributed by atoms with Crippen molar-refractivity contribution in [3.63, 3.8) is 0 Å². The monoisotopic (exact) mass is 359 g/mol. The summed E-state index contributed by atoms with van der Waals surface area (Å²) in [5.41, 5.74) is 1.75. The van der Waals surface area contributed by atoms with Crippen molar-refractivity contribution in [1.82, 2.24) is 5.32 Å². The second kappa shape index (κ2) is 9.77. The lowest BCUT2D eigenvalue weighted by Crippen LogP contribution is -2.32. The normalized spacial score (nSPS) is 17.2. The Morgan fingerprint density at radius 3 is 2.73 bits per heavy atom. The molecule has 1 aliphatic rings. The number of alkyl carbamates (subject to hydrolysis) is 1. The van der Waals surface area contributed by atoms with Gasteiger partial charge in [0.1, 0.15) is 5.60 Å². The molecule has 1 amide bonds. The zero-order valence-corrected chi connectivity index (χ0v) is 16.3. The fourth-order valence-corrected chi connectivity index (χ4v) is 3.40. The molecule has 1 aliphatic carbocycles. The molecule has 1 atom stereocenters. The minimum atomic E-state index is -0.485. The average Bonchev–Trinajstić information content (AvgIpc) is 2.58. The Labute approximate surface area is 157 Å². The molecule has 4 nitrogen and oxygen atoms in total. The third-order valence-corrected chi connectivity index (χ3v) is 4.66. The summed E-state index contributed by atoms with van der Waals surface area (Å²) >= 11 is 0. The summed E-state index contributed by atoms with van der Waals surface area (Å²) in [4.78, 5) is 11.6. The van der Waals surface area contributed by atoms with Crippen LogP contribution in [0.15, 0.2) is 30.3 Å². The summed E-state index contributed by atoms with van der Waals surface area (Å²) in [6.45, 7) is 5.95. The van der Waals surface area contributed by atoms with Crippen LogP contribution in [0.5, 0.6) is 0 Å². The van der Waals surface area contributed by atoms with Crippen molar-refractivity contribution in [1.29, 1.82) is 0 Å². The van der Waals surface area contributed by atoms with E-state index in [1.54, 1.807) is 0 Å². The number of aliphatic hydroxyl groups is 1. The molecule has 0 bridgehead atoms. The van der Waals surface area contributed by atoms with Gasteiger partial charge in [0.2, 0.25) is 0 Å². The highest BCUT2D eigenvalue weighted by molar-refractivity contribution is 5.68. The van der Waals surface area contributed by atoms with Gasteiger partial charge < -0.3 is 15.2 Å². The minimum Gasteiger partial charge on any atom is -0.444 e. The molecular weight excluding hydrogens is 326 g/mol. The molecule has 0 spiro atoms. The van der Waals surface area contributed by atoms with Gasteiger partial charge in [-0.05, 0) is 57.1 Å². The van der Waals surface area contributed by atoms with Crippen molar-refractivity contribution >= 4 is 12.2 Å². The second-order valence-electron chi connectivity index (χ2n) is 8.20. The quantitative estimate of drug-likeness (QED) is 0.773. The summed E-state index contributed by atoms with van der Waals surface area (Å²) in [7, 11) is 0. The number of amides is 1. The van der Waals surface area contributed by atoms with Crippen LogP contribution in [-0.4, -0.2) is 29.4 Å². The van der Waals surface area contributed by atoms with Crippen LogP contribution < -0.4 is 5.32 Å². The molecule has 0 heterocycles. The van der Waals surface area contributed by atoms with Gasteiger partial charge in [-0.2, -0.15) is 0 Å². The van der Waals surface area contributed by atoms with Gasteiger partial charge in [0.25, 0.3) is 0 Å². The van der Waals surface area contributed by atoms with Gasteiger partial charge in [-0.1, -0.05) is 55.7 Å². The summed E-state index contributed by atoms with van der Waals surface area (Å²) < 4.78 is 5.20. The molecule has 1 aromatic carbocycles. The number of hydrogen-bond acceptors (Lipinski definition) is 3. The first kappa shape index (κ1) is 20.5. The Morgan fingerprint density at radius 1 is 1.31 bits per heavy atom. The van der Waals surface area contributed by atoms with Gasteiger partial charge in [0.15, 0.2) is 0 Å². The van der Waals surface area contributed by atoms with Crippen LogP contribution in [0.4, 0.5) is 4.79 Å². The Bertz CT molecular complexity index is 598. The molecule has 0 aliphatic heterocycles. The maximum atomic E-state index is 11.6. The van der Waals surface area contributed by atoms with E-state index in [9.17, 15) is 9.90 Å². The van der Waals surface area contributed by atoms with Gasteiger partial charge in [-0.25, -0.2) is 4.79 Å². The van der Waals surface area contributed by atoms with Crippen molar-refractivity contribution in [3.8, 4) is 0 Å². The van der Waals surface area contributed by atoms with Crippen LogP contribution in [0.3, 0.4) is 0 Å². The molecule has 0 radical (unpaired) electrons. The van der Waals surface area contributed by atoms with E-state index in [1.165, 1.54) is 19.3 Å². The first-order chi connectivity index (χ1) is 12.3. The fourth-order valence-electron chi connectivity index (χ4n) is 3.40. The Morgan fingerprint density at radius 2 is 2.04 bits per heavy atom. The Kier molecular flexibility index (Phi) is 7.70. The molecule has 0 saturated heterocycles. The van der Waals surface area contributed by atoms with Crippen LogP contribution in [0, 0.1) is 5.92 Å². The Balaban J connectivity index is 1.81. The van der Waals surface area contributed by atoms with E-state index in [4.69, 9.17) is 4.74 Å². The highest BCUT2D eigenvalue weighted by Crippen LogP contribution is 2.28. The third kappa shape index (κ3) is 7.61. The number of aliphatic hydroxyl groups excluding tert-OH is 1. The molecular formula is C22H33NO3. The van der Waals surface area contributed by atoms with Gasteiger partial charge in [-0.15, -0.1) is 0 Å². The molecule has 144 valence electrons. The van der Waals surface area contributed by atoms with E-state index in [0.717, 1.165) is 24.0 Å². The van der Waals surface area contributed by atoms with E-state index in [0.29, 0.717) is 18.9 Å². The largest absolute Gasteiger partial charge is 0.444 e. The van der Waals surface area contributed by atoms with E-state index >= 15 is 0 Å². The minimum absolute atomic E-state index is 0.247. The lowest BCUT2D eigenvalue weighted by Gasteiger charge is -2.26. The SMILES string of the molecule is CC(C)(C)OC(=O)NCC=Cc1cccc(CC(O)C2CCCCC2)c1. The fraction of sp³-hybridized carbons (Fsp3) is 0.591. The molecule has 0 aromatic heterocycles. The number of hydrogen-bond donors (Lipinski definition) is 2. The lowest BCUT2D eigenvalue weighted by molar-refractivity contribution is 0.0534. The van der Waals surface area contributed by atoms with Crippen LogP contribution in [0.2, 0.25) is 0 Å². The summed E-state index contributed by atoms with van der Waals surface area (Å²) in [6, 6.07) is 8.22. The maximum absolute atomic E-state index is 11.6. The maximum Gasteiger partial charge on any atom is 0.407 e. The number of benzene rings is 1. The number of carbonyl (C=O) groups is 1. The van der Waals surface area contributed by atoms with Crippen molar-refractivity contribution in [2.45, 2.75) is 71.0 Å². The van der Waals surface area contributed by atoms with Crippen molar-refractivity contribution in [3.05, 3.63) is 41.5 Å². The first-order valence-electron chi connectivity index (χ1n) is 9.74. The topological polar surface area (TPSA) is 58.6 Å². The first-order valence-corrected chi connectivity index (χ1v) is 9.74. The standard InChI is InChI=1S/C22H33NO3/c1-22(2,3)26-21(25)23-14-8-11-17-9-7-10-18(15-17)16-20(24)19-12-5-4-6-13-19/h7-11,15,19-20,24H,4-6,12-14,16H2,1-3H3,(H,23,25). The highest BCUT2D eigenvalue weighted by atomic mass is 16.6. The van der Waals surface area contributed by atoms with E-state index in [1.807, 2.05) is 45.1 Å². The predicted octanol–water partition coefficient (Wildman–Crippen LogP) is 4.71. The molecule has 26 heavy (non-hydrogen) atoms. The van der Waals surface area contributed by atoms with Crippen LogP contribution >= 0.6 is 0 Å². The van der Waals surface area contributed by atoms with Crippen molar-refractivity contribution in [2.24, 2.45) is 5.92 Å². The van der Waals surface area contributed by atoms with Gasteiger partial charge >= 0.3 is 6.09 Å². The number of carbonyl (C=O) groups excluding carboxylic acids is 1. The lowest BCUT2D eigenvalue weighted by atomic mass is 9.83. The van der Waals surface area contributed by atoms with E-state index in [-0.39, 0.29) is 6.10 Å². The van der Waals surface area contributed by atoms with E-state index in [2.05, 4.69) is 17.4 Å². The summed E-state index contributed by atoms with van der Waals surface area (Å²) in [6.07, 6.45) is 10.0. The number of nitrogens with one attached hydrogen (secondary N) is 1. The molecule has 1 aromatic rings. The van der Waals surface area contributed by atoms with Gasteiger partial charge in [0, 0.05) is 6.54 Å². The molecule has 2 rings (SSSR count). The zero-order valence-electron chi connectivity index (χ0n) is 16.3. The average molecular weight is 360 g/mol. The third-order valence-electron chi connectivity index (χ3n) is 4.66. The summed E-state index contributed by atoms with van der Waals surface area (Å²) in [5.74, 6) is 0.445. The smallest absolute Gasteiger partial charge is 0.407 e. The van der Waals surface area contributed by atoms with Crippen LogP contribution in [-0.2, 0) is 11.2 Å². The predicted molar refractivity (Wildman–Crippen MR) is 106 cm³/mol. The highest BCUT2D eigenvalue weighted by Gasteiger charge is 2.21. The molecule has 1 unspecified atom stereocenters. The van der Waals surface area contributed by atoms with E-state index < -0.39 is 11.7 Å². The van der Waals surface area contributed by atoms with Crippen molar-refractivity contribution < 1.29 is 14.6 Å². The number of rotatable bonds is 6. The Hall–Kier alpha value is -1.81. The molecule has 2 N–H and O–H groups in total. The molecule has 1 saturated carbocycles.